The minimum atomic E-state index is -3.83. The molecule has 0 radical (unpaired) electrons. The molecule has 1 N–H and O–H groups in total. The van der Waals surface area contributed by atoms with Gasteiger partial charge in [-0.05, 0) is 36.5 Å². The van der Waals surface area contributed by atoms with Crippen LogP contribution < -0.4 is 4.72 Å². The molecule has 3 rings (SSSR count). The van der Waals surface area contributed by atoms with Gasteiger partial charge in [0.25, 0.3) is 5.69 Å². The van der Waals surface area contributed by atoms with Crippen LogP contribution in [0.4, 0.5) is 5.69 Å². The van der Waals surface area contributed by atoms with Gasteiger partial charge in [0.05, 0.1) is 9.82 Å². The molecule has 2 aromatic rings. The van der Waals surface area contributed by atoms with E-state index < -0.39 is 14.9 Å². The van der Waals surface area contributed by atoms with Gasteiger partial charge in [0, 0.05) is 18.2 Å². The maximum atomic E-state index is 12.7. The number of aryl methyl sites for hydroxylation is 2. The van der Waals surface area contributed by atoms with Crippen molar-refractivity contribution in [3.05, 3.63) is 69.3 Å². The monoisotopic (exact) mass is 332 g/mol. The standard InChI is InChI=1S/C16H16N2O4S/c1-11-6-8-13(18(19)20)10-16(11)23(21,22)17-15-9-7-12-4-2-3-5-14(12)15/h2-6,8,10,15,17H,7,9H2,1H3/t15-/m1/s1. The van der Waals surface area contributed by atoms with Crippen molar-refractivity contribution in [2.75, 3.05) is 0 Å². The van der Waals surface area contributed by atoms with Gasteiger partial charge < -0.3 is 0 Å². The molecule has 1 aliphatic rings. The van der Waals surface area contributed by atoms with Crippen LogP contribution in [0.25, 0.3) is 0 Å². The number of hydrogen-bond acceptors (Lipinski definition) is 4. The zero-order chi connectivity index (χ0) is 16.6. The second-order valence-corrected chi connectivity index (χ2v) is 7.30. The van der Waals surface area contributed by atoms with Crippen molar-refractivity contribution in [1.82, 2.24) is 4.72 Å². The van der Waals surface area contributed by atoms with Crippen LogP contribution in [0, 0.1) is 17.0 Å². The fourth-order valence-corrected chi connectivity index (χ4v) is 4.44. The van der Waals surface area contributed by atoms with E-state index in [-0.39, 0.29) is 16.6 Å². The Balaban J connectivity index is 1.95. The maximum absolute atomic E-state index is 12.7. The zero-order valence-electron chi connectivity index (χ0n) is 12.5. The van der Waals surface area contributed by atoms with E-state index in [4.69, 9.17) is 0 Å². The van der Waals surface area contributed by atoms with Gasteiger partial charge in [0.15, 0.2) is 0 Å². The number of nitro benzene ring substituents is 1. The number of non-ortho nitro benzene ring substituents is 1. The van der Waals surface area contributed by atoms with Crippen molar-refractivity contribution >= 4 is 15.7 Å². The molecular formula is C16H16N2O4S. The van der Waals surface area contributed by atoms with Crippen LogP contribution in [-0.4, -0.2) is 13.3 Å². The molecule has 0 saturated carbocycles. The van der Waals surface area contributed by atoms with Crippen LogP contribution >= 0.6 is 0 Å². The van der Waals surface area contributed by atoms with Crippen molar-refractivity contribution in [2.24, 2.45) is 0 Å². The Bertz CT molecular complexity index is 877. The van der Waals surface area contributed by atoms with E-state index in [0.29, 0.717) is 12.0 Å². The van der Waals surface area contributed by atoms with Crippen molar-refractivity contribution in [3.8, 4) is 0 Å². The summed E-state index contributed by atoms with van der Waals surface area (Å²) < 4.78 is 28.0. The average Bonchev–Trinajstić information content (AvgIpc) is 2.90. The first kappa shape index (κ1) is 15.6. The Morgan fingerprint density at radius 1 is 1.22 bits per heavy atom. The summed E-state index contributed by atoms with van der Waals surface area (Å²) in [7, 11) is -3.83. The van der Waals surface area contributed by atoms with Crippen LogP contribution in [0.15, 0.2) is 47.4 Å². The Labute approximate surface area is 134 Å². The predicted molar refractivity (Wildman–Crippen MR) is 85.7 cm³/mol. The zero-order valence-corrected chi connectivity index (χ0v) is 13.3. The Morgan fingerprint density at radius 3 is 2.70 bits per heavy atom. The maximum Gasteiger partial charge on any atom is 0.270 e. The van der Waals surface area contributed by atoms with Crippen molar-refractivity contribution in [3.63, 3.8) is 0 Å². The Hall–Kier alpha value is -2.25. The van der Waals surface area contributed by atoms with Crippen LogP contribution in [0.1, 0.15) is 29.2 Å². The first-order valence-corrected chi connectivity index (χ1v) is 8.72. The summed E-state index contributed by atoms with van der Waals surface area (Å²) in [5, 5.41) is 10.9. The SMILES string of the molecule is Cc1ccc([N+](=O)[O-])cc1S(=O)(=O)N[C@@H]1CCc2ccccc21. The quantitative estimate of drug-likeness (QED) is 0.688. The first-order valence-electron chi connectivity index (χ1n) is 7.23. The van der Waals surface area contributed by atoms with Crippen molar-refractivity contribution in [1.29, 1.82) is 0 Å². The molecule has 2 aromatic carbocycles. The number of nitrogens with one attached hydrogen (secondary N) is 1. The van der Waals surface area contributed by atoms with E-state index in [1.165, 1.54) is 12.1 Å². The molecule has 0 fully saturated rings. The molecule has 1 aliphatic carbocycles. The topological polar surface area (TPSA) is 89.3 Å². The molecule has 1 atom stereocenters. The van der Waals surface area contributed by atoms with Gasteiger partial charge in [0.2, 0.25) is 10.0 Å². The van der Waals surface area contributed by atoms with E-state index in [0.717, 1.165) is 23.6 Å². The molecule has 0 aliphatic heterocycles. The molecule has 0 amide bonds. The number of hydrogen-bond donors (Lipinski definition) is 1. The number of nitrogens with zero attached hydrogens (tertiary/aromatic N) is 1. The van der Waals surface area contributed by atoms with Gasteiger partial charge >= 0.3 is 0 Å². The van der Waals surface area contributed by atoms with Crippen molar-refractivity contribution in [2.45, 2.75) is 30.7 Å². The molecule has 0 aromatic heterocycles. The fourth-order valence-electron chi connectivity index (χ4n) is 2.92. The van der Waals surface area contributed by atoms with E-state index in [1.54, 1.807) is 6.92 Å². The normalized spacial score (nSPS) is 17.0. The van der Waals surface area contributed by atoms with Crippen LogP contribution in [0.2, 0.25) is 0 Å². The lowest BCUT2D eigenvalue weighted by Gasteiger charge is -2.15. The number of benzene rings is 2. The third-order valence-corrected chi connectivity index (χ3v) is 5.72. The Kier molecular flexibility index (Phi) is 3.91. The van der Waals surface area contributed by atoms with Gasteiger partial charge in [-0.3, -0.25) is 10.1 Å². The third kappa shape index (κ3) is 2.97. The Morgan fingerprint density at radius 2 is 1.96 bits per heavy atom. The van der Waals surface area contributed by atoms with Gasteiger partial charge in [-0.1, -0.05) is 30.3 Å². The summed E-state index contributed by atoms with van der Waals surface area (Å²) in [4.78, 5) is 10.3. The lowest BCUT2D eigenvalue weighted by atomic mass is 10.1. The highest BCUT2D eigenvalue weighted by Gasteiger charge is 2.28. The molecule has 0 saturated heterocycles. The summed E-state index contributed by atoms with van der Waals surface area (Å²) in [5.41, 5.74) is 2.35. The van der Waals surface area contributed by atoms with Gasteiger partial charge in [-0.25, -0.2) is 13.1 Å². The number of fused-ring (bicyclic) bond motifs is 1. The van der Waals surface area contributed by atoms with Gasteiger partial charge in [-0.15, -0.1) is 0 Å². The smallest absolute Gasteiger partial charge is 0.258 e. The van der Waals surface area contributed by atoms with Gasteiger partial charge in [-0.2, -0.15) is 0 Å². The van der Waals surface area contributed by atoms with E-state index in [9.17, 15) is 18.5 Å². The highest BCUT2D eigenvalue weighted by molar-refractivity contribution is 7.89. The highest BCUT2D eigenvalue weighted by Crippen LogP contribution is 2.32. The lowest BCUT2D eigenvalue weighted by molar-refractivity contribution is -0.385. The first-order chi connectivity index (χ1) is 10.9. The minimum absolute atomic E-state index is 0.0453. The highest BCUT2D eigenvalue weighted by atomic mass is 32.2. The van der Waals surface area contributed by atoms with E-state index in [1.807, 2.05) is 24.3 Å². The van der Waals surface area contributed by atoms with Gasteiger partial charge in [0.1, 0.15) is 0 Å². The minimum Gasteiger partial charge on any atom is -0.258 e. The van der Waals surface area contributed by atoms with Crippen molar-refractivity contribution < 1.29 is 13.3 Å². The van der Waals surface area contributed by atoms with E-state index >= 15 is 0 Å². The molecule has 0 spiro atoms. The van der Waals surface area contributed by atoms with E-state index in [2.05, 4.69) is 4.72 Å². The summed E-state index contributed by atoms with van der Waals surface area (Å²) in [5.74, 6) is 0. The third-order valence-electron chi connectivity index (χ3n) is 4.10. The largest absolute Gasteiger partial charge is 0.270 e. The summed E-state index contributed by atoms with van der Waals surface area (Å²) in [6.45, 7) is 1.63. The number of nitro groups is 1. The summed E-state index contributed by atoms with van der Waals surface area (Å²) >= 11 is 0. The molecule has 0 bridgehead atoms. The molecular weight excluding hydrogens is 316 g/mol. The second-order valence-electron chi connectivity index (χ2n) is 5.62. The summed E-state index contributed by atoms with van der Waals surface area (Å²) in [6.07, 6.45) is 1.50. The van der Waals surface area contributed by atoms with Crippen LogP contribution in [0.5, 0.6) is 0 Å². The predicted octanol–water partition coefficient (Wildman–Crippen LogP) is 2.87. The lowest BCUT2D eigenvalue weighted by Crippen LogP contribution is -2.28. The number of rotatable bonds is 4. The summed E-state index contributed by atoms with van der Waals surface area (Å²) in [6, 6.07) is 11.3. The molecule has 7 heteroatoms. The average molecular weight is 332 g/mol. The molecule has 6 nitrogen and oxygen atoms in total. The second kappa shape index (κ2) is 5.75. The molecule has 120 valence electrons. The number of sulfonamides is 1. The molecule has 0 unspecified atom stereocenters. The van der Waals surface area contributed by atoms with Crippen LogP contribution in [0.3, 0.4) is 0 Å². The fraction of sp³-hybridized carbons (Fsp3) is 0.250. The molecule has 0 heterocycles. The van der Waals surface area contributed by atoms with Crippen LogP contribution in [-0.2, 0) is 16.4 Å². The molecule has 23 heavy (non-hydrogen) atoms.